The van der Waals surface area contributed by atoms with E-state index in [4.69, 9.17) is 5.11 Å². The maximum atomic E-state index is 12.3. The van der Waals surface area contributed by atoms with Crippen molar-refractivity contribution >= 4 is 5.91 Å². The number of hydrogen-bond acceptors (Lipinski definition) is 2. The van der Waals surface area contributed by atoms with Crippen LogP contribution >= 0.6 is 0 Å². The molecule has 0 saturated carbocycles. The van der Waals surface area contributed by atoms with Crippen molar-refractivity contribution in [1.82, 2.24) is 9.47 Å². The Balaban J connectivity index is 2.02. The van der Waals surface area contributed by atoms with Gasteiger partial charge < -0.3 is 14.6 Å². The third-order valence-electron chi connectivity index (χ3n) is 3.51. The summed E-state index contributed by atoms with van der Waals surface area (Å²) in [5.41, 5.74) is 0.745. The molecule has 2 rings (SSSR count). The number of rotatable bonds is 3. The number of aliphatic hydroxyl groups excluding tert-OH is 1. The second-order valence-electron chi connectivity index (χ2n) is 4.78. The van der Waals surface area contributed by atoms with E-state index in [1.54, 1.807) is 0 Å². The van der Waals surface area contributed by atoms with Crippen molar-refractivity contribution in [3.8, 4) is 0 Å². The summed E-state index contributed by atoms with van der Waals surface area (Å²) in [5.74, 6) is 0.568. The molecule has 1 saturated heterocycles. The topological polar surface area (TPSA) is 45.5 Å². The van der Waals surface area contributed by atoms with Crippen LogP contribution in [0.5, 0.6) is 0 Å². The number of piperidine rings is 1. The fourth-order valence-electron chi connectivity index (χ4n) is 2.51. The number of hydrogen-bond donors (Lipinski definition) is 1. The van der Waals surface area contributed by atoms with E-state index in [1.807, 2.05) is 34.8 Å². The molecule has 94 valence electrons. The SMILES string of the molecule is Cn1cccc1C(=O)N1CCCC(CCO)C1. The highest BCUT2D eigenvalue weighted by Crippen LogP contribution is 2.20. The van der Waals surface area contributed by atoms with E-state index in [0.29, 0.717) is 5.92 Å². The molecule has 0 spiro atoms. The lowest BCUT2D eigenvalue weighted by Gasteiger charge is -2.32. The number of aryl methyl sites for hydroxylation is 1. The second kappa shape index (κ2) is 5.36. The van der Waals surface area contributed by atoms with Crippen LogP contribution in [0.4, 0.5) is 0 Å². The lowest BCUT2D eigenvalue weighted by molar-refractivity contribution is 0.0644. The molecule has 17 heavy (non-hydrogen) atoms. The number of aromatic nitrogens is 1. The van der Waals surface area contributed by atoms with Crippen molar-refractivity contribution in [1.29, 1.82) is 0 Å². The third-order valence-corrected chi connectivity index (χ3v) is 3.51. The highest BCUT2D eigenvalue weighted by Gasteiger charge is 2.25. The molecule has 0 radical (unpaired) electrons. The largest absolute Gasteiger partial charge is 0.396 e. The van der Waals surface area contributed by atoms with Crippen LogP contribution in [-0.4, -0.2) is 40.2 Å². The summed E-state index contributed by atoms with van der Waals surface area (Å²) < 4.78 is 1.86. The fraction of sp³-hybridized carbons (Fsp3) is 0.615. The van der Waals surface area contributed by atoms with Gasteiger partial charge >= 0.3 is 0 Å². The number of carbonyl (C=O) groups excluding carboxylic acids is 1. The molecule has 4 heteroatoms. The Labute approximate surface area is 102 Å². The average Bonchev–Trinajstić information content (AvgIpc) is 2.75. The molecule has 1 N–H and O–H groups in total. The second-order valence-corrected chi connectivity index (χ2v) is 4.78. The summed E-state index contributed by atoms with van der Waals surface area (Å²) in [6.07, 6.45) is 4.86. The van der Waals surface area contributed by atoms with Crippen LogP contribution in [0.25, 0.3) is 0 Å². The molecule has 1 amide bonds. The van der Waals surface area contributed by atoms with Gasteiger partial charge in [0.05, 0.1) is 0 Å². The summed E-state index contributed by atoms with van der Waals surface area (Å²) in [4.78, 5) is 14.2. The number of likely N-dealkylation sites (tertiary alicyclic amines) is 1. The molecule has 0 aliphatic carbocycles. The van der Waals surface area contributed by atoms with Crippen molar-refractivity contribution < 1.29 is 9.90 Å². The van der Waals surface area contributed by atoms with Crippen LogP contribution < -0.4 is 0 Å². The first-order chi connectivity index (χ1) is 8.22. The molecule has 1 aromatic heterocycles. The highest BCUT2D eigenvalue weighted by atomic mass is 16.3. The molecule has 1 aromatic rings. The van der Waals surface area contributed by atoms with Gasteiger partial charge in [-0.2, -0.15) is 0 Å². The lowest BCUT2D eigenvalue weighted by atomic mass is 9.95. The Hall–Kier alpha value is -1.29. The smallest absolute Gasteiger partial charge is 0.270 e. The quantitative estimate of drug-likeness (QED) is 0.858. The van der Waals surface area contributed by atoms with Gasteiger partial charge in [-0.1, -0.05) is 0 Å². The van der Waals surface area contributed by atoms with Gasteiger partial charge in [0.25, 0.3) is 5.91 Å². The molecule has 0 bridgehead atoms. The first kappa shape index (κ1) is 12.2. The van der Waals surface area contributed by atoms with Crippen molar-refractivity contribution in [2.24, 2.45) is 13.0 Å². The molecule has 1 fully saturated rings. The van der Waals surface area contributed by atoms with Crippen LogP contribution in [0.2, 0.25) is 0 Å². The Morgan fingerprint density at radius 1 is 1.59 bits per heavy atom. The predicted octanol–water partition coefficient (Wildman–Crippen LogP) is 1.26. The van der Waals surface area contributed by atoms with Gasteiger partial charge in [-0.05, 0) is 37.3 Å². The van der Waals surface area contributed by atoms with Crippen molar-refractivity contribution in [3.63, 3.8) is 0 Å². The molecule has 1 unspecified atom stereocenters. The molecule has 1 aliphatic heterocycles. The molecule has 1 aliphatic rings. The molecule has 2 heterocycles. The van der Waals surface area contributed by atoms with Crippen molar-refractivity contribution in [3.05, 3.63) is 24.0 Å². The zero-order chi connectivity index (χ0) is 12.3. The van der Waals surface area contributed by atoms with Gasteiger partial charge in [-0.25, -0.2) is 0 Å². The van der Waals surface area contributed by atoms with Crippen LogP contribution in [0, 0.1) is 5.92 Å². The molecule has 4 nitrogen and oxygen atoms in total. The zero-order valence-electron chi connectivity index (χ0n) is 10.3. The van der Waals surface area contributed by atoms with Crippen LogP contribution in [0.1, 0.15) is 29.8 Å². The Kier molecular flexibility index (Phi) is 3.84. The Bertz CT molecular complexity index is 385. The average molecular weight is 236 g/mol. The normalized spacial score (nSPS) is 20.6. The molecular formula is C13H20N2O2. The summed E-state index contributed by atoms with van der Waals surface area (Å²) in [7, 11) is 1.89. The lowest BCUT2D eigenvalue weighted by Crippen LogP contribution is -2.40. The molecular weight excluding hydrogens is 216 g/mol. The Morgan fingerprint density at radius 2 is 2.41 bits per heavy atom. The minimum atomic E-state index is 0.111. The zero-order valence-corrected chi connectivity index (χ0v) is 10.3. The minimum absolute atomic E-state index is 0.111. The van der Waals surface area contributed by atoms with Crippen LogP contribution in [-0.2, 0) is 7.05 Å². The van der Waals surface area contributed by atoms with E-state index >= 15 is 0 Å². The van der Waals surface area contributed by atoms with E-state index in [-0.39, 0.29) is 12.5 Å². The van der Waals surface area contributed by atoms with Gasteiger partial charge in [-0.15, -0.1) is 0 Å². The summed E-state index contributed by atoms with van der Waals surface area (Å²) >= 11 is 0. The predicted molar refractivity (Wildman–Crippen MR) is 65.7 cm³/mol. The standard InChI is InChI=1S/C13H20N2O2/c1-14-7-3-5-12(14)13(17)15-8-2-4-11(10-15)6-9-16/h3,5,7,11,16H,2,4,6,8-10H2,1H3. The van der Waals surface area contributed by atoms with Crippen molar-refractivity contribution in [2.45, 2.75) is 19.3 Å². The van der Waals surface area contributed by atoms with Gasteiger partial charge in [-0.3, -0.25) is 4.79 Å². The molecule has 1 atom stereocenters. The van der Waals surface area contributed by atoms with Gasteiger partial charge in [0.15, 0.2) is 0 Å². The van der Waals surface area contributed by atoms with E-state index in [0.717, 1.165) is 38.0 Å². The van der Waals surface area contributed by atoms with E-state index in [1.165, 1.54) is 0 Å². The van der Waals surface area contributed by atoms with Crippen LogP contribution in [0.15, 0.2) is 18.3 Å². The first-order valence-electron chi connectivity index (χ1n) is 6.24. The fourth-order valence-corrected chi connectivity index (χ4v) is 2.51. The van der Waals surface area contributed by atoms with Crippen molar-refractivity contribution in [2.75, 3.05) is 19.7 Å². The maximum absolute atomic E-state index is 12.3. The summed E-state index contributed by atoms with van der Waals surface area (Å²) in [5, 5.41) is 8.96. The monoisotopic (exact) mass is 236 g/mol. The Morgan fingerprint density at radius 3 is 3.06 bits per heavy atom. The number of amides is 1. The van der Waals surface area contributed by atoms with E-state index < -0.39 is 0 Å². The van der Waals surface area contributed by atoms with Crippen LogP contribution in [0.3, 0.4) is 0 Å². The number of nitrogens with zero attached hydrogens (tertiary/aromatic N) is 2. The van der Waals surface area contributed by atoms with Gasteiger partial charge in [0, 0.05) is 32.9 Å². The maximum Gasteiger partial charge on any atom is 0.270 e. The van der Waals surface area contributed by atoms with Gasteiger partial charge in [0.2, 0.25) is 0 Å². The van der Waals surface area contributed by atoms with Gasteiger partial charge in [0.1, 0.15) is 5.69 Å². The number of carbonyl (C=O) groups is 1. The first-order valence-corrected chi connectivity index (χ1v) is 6.24. The van der Waals surface area contributed by atoms with E-state index in [9.17, 15) is 4.79 Å². The highest BCUT2D eigenvalue weighted by molar-refractivity contribution is 5.92. The van der Waals surface area contributed by atoms with E-state index in [2.05, 4.69) is 0 Å². The summed E-state index contributed by atoms with van der Waals surface area (Å²) in [6, 6.07) is 3.75. The number of aliphatic hydroxyl groups is 1. The minimum Gasteiger partial charge on any atom is -0.396 e. The summed E-state index contributed by atoms with van der Waals surface area (Å²) in [6.45, 7) is 1.84. The molecule has 0 aromatic carbocycles. The third kappa shape index (κ3) is 2.69.